The van der Waals surface area contributed by atoms with E-state index in [0.29, 0.717) is 33.4 Å². The highest BCUT2D eigenvalue weighted by Crippen LogP contribution is 2.27. The fourth-order valence-electron chi connectivity index (χ4n) is 2.83. The summed E-state index contributed by atoms with van der Waals surface area (Å²) in [7, 11) is 1.47. The smallest absolute Gasteiger partial charge is 0.255 e. The number of methoxy groups -OCH3 is 1. The number of carbonyl (C=O) groups excluding carboxylic acids is 1. The summed E-state index contributed by atoms with van der Waals surface area (Å²) in [6.45, 7) is 3.00. The molecule has 1 aromatic heterocycles. The number of anilines is 3. The van der Waals surface area contributed by atoms with Crippen molar-refractivity contribution in [3.63, 3.8) is 0 Å². The first kappa shape index (κ1) is 21.3. The van der Waals surface area contributed by atoms with Crippen LogP contribution in [0.3, 0.4) is 0 Å². The molecule has 0 unspecified atom stereocenters. The Morgan fingerprint density at radius 1 is 1.20 bits per heavy atom. The van der Waals surface area contributed by atoms with Crippen LogP contribution in [0.2, 0.25) is 5.02 Å². The molecule has 0 aliphatic heterocycles. The third-order valence-corrected chi connectivity index (χ3v) is 4.52. The van der Waals surface area contributed by atoms with Gasteiger partial charge in [0.05, 0.1) is 12.8 Å². The molecule has 156 valence electrons. The van der Waals surface area contributed by atoms with Crippen LogP contribution >= 0.6 is 11.6 Å². The van der Waals surface area contributed by atoms with Crippen LogP contribution in [0.25, 0.3) is 0 Å². The number of ether oxygens (including phenoxy) is 1. The number of amides is 1. The number of aromatic nitrogens is 2. The van der Waals surface area contributed by atoms with Gasteiger partial charge in [0.1, 0.15) is 18.1 Å². The Balaban J connectivity index is 1.88. The number of nitrogens with zero attached hydrogens (tertiary/aromatic N) is 2. The number of hydrogen-bond donors (Lipinski definition) is 2. The predicted molar refractivity (Wildman–Crippen MR) is 114 cm³/mol. The van der Waals surface area contributed by atoms with Crippen molar-refractivity contribution in [3.8, 4) is 5.75 Å². The Hall–Kier alpha value is -3.39. The van der Waals surface area contributed by atoms with Gasteiger partial charge in [-0.2, -0.15) is 0 Å². The minimum Gasteiger partial charge on any atom is -0.495 e. The molecular formula is C21H20ClFN4O3. The molecule has 2 aromatic carbocycles. The van der Waals surface area contributed by atoms with Gasteiger partial charge in [-0.05, 0) is 55.8 Å². The molecular weight excluding hydrogens is 411 g/mol. The van der Waals surface area contributed by atoms with Gasteiger partial charge in [-0.1, -0.05) is 11.6 Å². The molecule has 0 aliphatic carbocycles. The van der Waals surface area contributed by atoms with E-state index in [1.807, 2.05) is 0 Å². The summed E-state index contributed by atoms with van der Waals surface area (Å²) < 4.78 is 20.0. The van der Waals surface area contributed by atoms with Gasteiger partial charge in [0.25, 0.3) is 5.56 Å². The highest BCUT2D eigenvalue weighted by Gasteiger charge is 2.14. The Morgan fingerprint density at radius 2 is 1.97 bits per heavy atom. The molecule has 3 aromatic rings. The Kier molecular flexibility index (Phi) is 6.37. The van der Waals surface area contributed by atoms with Gasteiger partial charge in [0.2, 0.25) is 11.9 Å². The van der Waals surface area contributed by atoms with Crippen LogP contribution in [-0.2, 0) is 11.3 Å². The van der Waals surface area contributed by atoms with Gasteiger partial charge in [0, 0.05) is 22.5 Å². The van der Waals surface area contributed by atoms with Crippen LogP contribution < -0.4 is 20.9 Å². The van der Waals surface area contributed by atoms with Crippen molar-refractivity contribution in [1.29, 1.82) is 0 Å². The number of benzene rings is 2. The SMILES string of the molecule is COc1ccc(Cl)cc1NC(=O)Cn1c(Nc2ccc(F)c(C)c2)nc(C)cc1=O. The Morgan fingerprint density at radius 3 is 2.67 bits per heavy atom. The van der Waals surface area contributed by atoms with Gasteiger partial charge in [-0.25, -0.2) is 9.37 Å². The van der Waals surface area contributed by atoms with E-state index >= 15 is 0 Å². The Labute approximate surface area is 177 Å². The zero-order valence-electron chi connectivity index (χ0n) is 16.6. The minimum absolute atomic E-state index is 0.166. The van der Waals surface area contributed by atoms with Gasteiger partial charge >= 0.3 is 0 Å². The summed E-state index contributed by atoms with van der Waals surface area (Å²) in [5.74, 6) is -0.215. The molecule has 0 saturated heterocycles. The summed E-state index contributed by atoms with van der Waals surface area (Å²) >= 11 is 5.99. The fraction of sp³-hybridized carbons (Fsp3) is 0.190. The lowest BCUT2D eigenvalue weighted by atomic mass is 10.2. The number of halogens is 2. The van der Waals surface area contributed by atoms with Crippen LogP contribution in [0.4, 0.5) is 21.7 Å². The van der Waals surface area contributed by atoms with Crippen molar-refractivity contribution in [3.05, 3.63) is 74.9 Å². The highest BCUT2D eigenvalue weighted by molar-refractivity contribution is 6.31. The normalized spacial score (nSPS) is 10.6. The molecule has 7 nitrogen and oxygen atoms in total. The number of nitrogens with one attached hydrogen (secondary N) is 2. The molecule has 3 rings (SSSR count). The predicted octanol–water partition coefficient (Wildman–Crippen LogP) is 4.04. The van der Waals surface area contributed by atoms with Crippen LogP contribution in [0.5, 0.6) is 5.75 Å². The van der Waals surface area contributed by atoms with E-state index in [9.17, 15) is 14.0 Å². The molecule has 1 heterocycles. The van der Waals surface area contributed by atoms with E-state index in [0.717, 1.165) is 0 Å². The van der Waals surface area contributed by atoms with Crippen molar-refractivity contribution in [2.24, 2.45) is 0 Å². The number of carbonyl (C=O) groups is 1. The van der Waals surface area contributed by atoms with Crippen LogP contribution in [0.1, 0.15) is 11.3 Å². The third-order valence-electron chi connectivity index (χ3n) is 4.29. The number of rotatable bonds is 6. The monoisotopic (exact) mass is 430 g/mol. The quantitative estimate of drug-likeness (QED) is 0.616. The second-order valence-electron chi connectivity index (χ2n) is 6.63. The molecule has 0 aliphatic rings. The van der Waals surface area contributed by atoms with Crippen LogP contribution in [0.15, 0.2) is 47.3 Å². The van der Waals surface area contributed by atoms with Gasteiger partial charge < -0.3 is 15.4 Å². The molecule has 0 bridgehead atoms. The van der Waals surface area contributed by atoms with Gasteiger partial charge in [0.15, 0.2) is 0 Å². The van der Waals surface area contributed by atoms with Crippen molar-refractivity contribution in [2.75, 3.05) is 17.7 Å². The van der Waals surface area contributed by atoms with E-state index in [2.05, 4.69) is 15.6 Å². The van der Waals surface area contributed by atoms with E-state index in [4.69, 9.17) is 16.3 Å². The highest BCUT2D eigenvalue weighted by atomic mass is 35.5. The van der Waals surface area contributed by atoms with E-state index < -0.39 is 11.5 Å². The lowest BCUT2D eigenvalue weighted by Gasteiger charge is -2.15. The molecule has 0 fully saturated rings. The average molecular weight is 431 g/mol. The molecule has 1 amide bonds. The van der Waals surface area contributed by atoms with Crippen molar-refractivity contribution in [1.82, 2.24) is 9.55 Å². The zero-order valence-corrected chi connectivity index (χ0v) is 17.4. The molecule has 0 spiro atoms. The maximum Gasteiger partial charge on any atom is 0.255 e. The first-order valence-corrected chi connectivity index (χ1v) is 9.39. The molecule has 9 heteroatoms. The average Bonchev–Trinajstić information content (AvgIpc) is 2.67. The van der Waals surface area contributed by atoms with Crippen molar-refractivity contribution in [2.45, 2.75) is 20.4 Å². The second kappa shape index (κ2) is 8.96. The zero-order chi connectivity index (χ0) is 21.8. The largest absolute Gasteiger partial charge is 0.495 e. The number of aryl methyl sites for hydroxylation is 2. The van der Waals surface area contributed by atoms with Crippen molar-refractivity contribution < 1.29 is 13.9 Å². The molecule has 2 N–H and O–H groups in total. The maximum absolute atomic E-state index is 13.5. The topological polar surface area (TPSA) is 85.2 Å². The summed E-state index contributed by atoms with van der Waals surface area (Å²) in [5, 5.41) is 6.09. The van der Waals surface area contributed by atoms with Crippen LogP contribution in [0, 0.1) is 19.7 Å². The van der Waals surface area contributed by atoms with E-state index in [-0.39, 0.29) is 18.3 Å². The second-order valence-corrected chi connectivity index (χ2v) is 7.06. The van der Waals surface area contributed by atoms with Crippen LogP contribution in [-0.4, -0.2) is 22.6 Å². The van der Waals surface area contributed by atoms with E-state index in [1.165, 1.54) is 29.9 Å². The summed E-state index contributed by atoms with van der Waals surface area (Å²) in [5.41, 5.74) is 1.43. The third kappa shape index (κ3) is 4.96. The molecule has 30 heavy (non-hydrogen) atoms. The summed E-state index contributed by atoms with van der Waals surface area (Å²) in [4.78, 5) is 29.5. The Bertz CT molecular complexity index is 1160. The number of hydrogen-bond acceptors (Lipinski definition) is 5. The van der Waals surface area contributed by atoms with E-state index in [1.54, 1.807) is 38.1 Å². The molecule has 0 saturated carbocycles. The molecule has 0 radical (unpaired) electrons. The van der Waals surface area contributed by atoms with Crippen molar-refractivity contribution >= 4 is 34.8 Å². The fourth-order valence-corrected chi connectivity index (χ4v) is 3.00. The first-order valence-electron chi connectivity index (χ1n) is 9.02. The minimum atomic E-state index is -0.471. The summed E-state index contributed by atoms with van der Waals surface area (Å²) in [6, 6.07) is 10.6. The molecule has 0 atom stereocenters. The summed E-state index contributed by atoms with van der Waals surface area (Å²) in [6.07, 6.45) is 0. The first-order chi connectivity index (χ1) is 14.3. The standard InChI is InChI=1S/C21H20ClFN4O3/c1-12-8-15(5-6-16(12)23)25-21-24-13(2)9-20(29)27(21)11-19(28)26-17-10-14(22)4-7-18(17)30-3/h4-10H,11H2,1-3H3,(H,24,25)(H,26,28). The van der Waals surface area contributed by atoms with Gasteiger partial charge in [-0.15, -0.1) is 0 Å². The maximum atomic E-state index is 13.5. The van der Waals surface area contributed by atoms with Gasteiger partial charge in [-0.3, -0.25) is 14.2 Å². The lowest BCUT2D eigenvalue weighted by Crippen LogP contribution is -2.30. The lowest BCUT2D eigenvalue weighted by molar-refractivity contribution is -0.116.